The van der Waals surface area contributed by atoms with E-state index in [1.165, 1.54) is 30.0 Å². The Morgan fingerprint density at radius 3 is 3.00 bits per heavy atom. The molecule has 0 radical (unpaired) electrons. The lowest BCUT2D eigenvalue weighted by Gasteiger charge is -2.22. The van der Waals surface area contributed by atoms with Gasteiger partial charge in [-0.15, -0.1) is 5.10 Å². The van der Waals surface area contributed by atoms with E-state index in [0.29, 0.717) is 5.56 Å². The summed E-state index contributed by atoms with van der Waals surface area (Å²) < 4.78 is 19.8. The van der Waals surface area contributed by atoms with Crippen LogP contribution in [0.3, 0.4) is 0 Å². The van der Waals surface area contributed by atoms with E-state index < -0.39 is 17.8 Å². The monoisotopic (exact) mass is 290 g/mol. The molecule has 0 spiro atoms. The third-order valence-corrected chi connectivity index (χ3v) is 3.05. The van der Waals surface area contributed by atoms with Crippen molar-refractivity contribution in [3.8, 4) is 6.01 Å². The molecular weight excluding hydrogens is 279 g/mol. The van der Waals surface area contributed by atoms with Crippen LogP contribution in [0.4, 0.5) is 10.3 Å². The van der Waals surface area contributed by atoms with Crippen LogP contribution in [0.2, 0.25) is 0 Å². The molecule has 0 fully saturated rings. The maximum Gasteiger partial charge on any atom is 0.352 e. The highest BCUT2D eigenvalue weighted by Gasteiger charge is 2.27. The van der Waals surface area contributed by atoms with Crippen molar-refractivity contribution in [1.82, 2.24) is 14.8 Å². The second-order valence-electron chi connectivity index (χ2n) is 4.38. The normalized spacial score (nSPS) is 16.7. The van der Waals surface area contributed by atoms with Crippen LogP contribution in [0.25, 0.3) is 0 Å². The molecule has 21 heavy (non-hydrogen) atoms. The van der Waals surface area contributed by atoms with Crippen molar-refractivity contribution in [1.29, 1.82) is 0 Å². The lowest BCUT2D eigenvalue weighted by molar-refractivity contribution is -0.132. The van der Waals surface area contributed by atoms with Gasteiger partial charge < -0.3 is 15.2 Å². The molecule has 0 aliphatic carbocycles. The van der Waals surface area contributed by atoms with Gasteiger partial charge in [-0.05, 0) is 23.8 Å². The quantitative estimate of drug-likeness (QED) is 0.888. The fourth-order valence-electron chi connectivity index (χ4n) is 2.11. The van der Waals surface area contributed by atoms with Crippen LogP contribution in [0.1, 0.15) is 11.6 Å². The molecule has 1 atom stereocenters. The average molecular weight is 290 g/mol. The van der Waals surface area contributed by atoms with Gasteiger partial charge in [0.1, 0.15) is 17.6 Å². The van der Waals surface area contributed by atoms with Crippen molar-refractivity contribution in [2.24, 2.45) is 0 Å². The van der Waals surface area contributed by atoms with E-state index in [0.717, 1.165) is 0 Å². The van der Waals surface area contributed by atoms with Crippen molar-refractivity contribution in [2.45, 2.75) is 6.04 Å². The molecule has 1 aromatic heterocycles. The molecule has 1 unspecified atom stereocenters. The number of carbonyl (C=O) groups is 1. The number of benzene rings is 1. The van der Waals surface area contributed by atoms with Gasteiger partial charge in [-0.2, -0.15) is 4.98 Å². The smallest absolute Gasteiger partial charge is 0.352 e. The van der Waals surface area contributed by atoms with Crippen molar-refractivity contribution in [3.05, 3.63) is 47.4 Å². The van der Waals surface area contributed by atoms with Gasteiger partial charge in [0.05, 0.1) is 7.11 Å². The topological polar surface area (TPSA) is 89.3 Å². The fourth-order valence-corrected chi connectivity index (χ4v) is 2.11. The van der Waals surface area contributed by atoms with Gasteiger partial charge in [-0.3, -0.25) is 0 Å². The SMILES string of the molecule is COc1nc2n(n1)C(c1cccc(F)c1)C=C(C(=O)O)N2. The first kappa shape index (κ1) is 13.1. The highest BCUT2D eigenvalue weighted by molar-refractivity contribution is 5.90. The van der Waals surface area contributed by atoms with Crippen LogP contribution < -0.4 is 10.1 Å². The van der Waals surface area contributed by atoms with Gasteiger partial charge in [0.2, 0.25) is 5.95 Å². The van der Waals surface area contributed by atoms with Gasteiger partial charge in [-0.1, -0.05) is 12.1 Å². The third-order valence-electron chi connectivity index (χ3n) is 3.05. The third kappa shape index (κ3) is 2.31. The maximum atomic E-state index is 13.4. The molecule has 0 saturated carbocycles. The summed E-state index contributed by atoms with van der Waals surface area (Å²) in [5.74, 6) is -1.32. The standard InChI is InChI=1S/C13H11FN4O3/c1-21-13-16-12-15-9(11(19)20)6-10(18(12)17-13)7-3-2-4-8(14)5-7/h2-6,10H,1H3,(H,19,20)(H,15,16,17). The summed E-state index contributed by atoms with van der Waals surface area (Å²) in [6.07, 6.45) is 1.44. The molecule has 2 heterocycles. The molecule has 1 aliphatic rings. The molecule has 0 bridgehead atoms. The Kier molecular flexibility index (Phi) is 3.05. The van der Waals surface area contributed by atoms with E-state index in [1.807, 2.05) is 0 Å². The number of halogens is 1. The van der Waals surface area contributed by atoms with E-state index >= 15 is 0 Å². The maximum absolute atomic E-state index is 13.4. The first-order valence-electron chi connectivity index (χ1n) is 6.06. The van der Waals surface area contributed by atoms with Crippen LogP contribution in [0.5, 0.6) is 6.01 Å². The zero-order valence-corrected chi connectivity index (χ0v) is 10.9. The number of rotatable bonds is 3. The Labute approximate surface area is 118 Å². The van der Waals surface area contributed by atoms with E-state index in [2.05, 4.69) is 15.4 Å². The Hall–Kier alpha value is -2.90. The van der Waals surface area contributed by atoms with E-state index in [4.69, 9.17) is 9.84 Å². The second-order valence-corrected chi connectivity index (χ2v) is 4.38. The molecule has 1 aromatic carbocycles. The Morgan fingerprint density at radius 2 is 2.33 bits per heavy atom. The molecule has 0 saturated heterocycles. The van der Waals surface area contributed by atoms with Gasteiger partial charge in [0.25, 0.3) is 0 Å². The largest absolute Gasteiger partial charge is 0.477 e. The second kappa shape index (κ2) is 4.89. The number of aliphatic carboxylic acids is 1. The van der Waals surface area contributed by atoms with E-state index in [-0.39, 0.29) is 17.7 Å². The number of aromatic nitrogens is 3. The number of fused-ring (bicyclic) bond motifs is 1. The molecule has 2 aromatic rings. The zero-order valence-electron chi connectivity index (χ0n) is 10.9. The van der Waals surface area contributed by atoms with Crippen LogP contribution >= 0.6 is 0 Å². The Morgan fingerprint density at radius 1 is 1.52 bits per heavy atom. The number of hydrogen-bond acceptors (Lipinski definition) is 5. The number of ether oxygens (including phenoxy) is 1. The summed E-state index contributed by atoms with van der Waals surface area (Å²) in [6, 6.07) is 5.39. The molecule has 3 rings (SSSR count). The average Bonchev–Trinajstić information content (AvgIpc) is 2.89. The predicted octanol–water partition coefficient (Wildman–Crippen LogP) is 1.41. The molecule has 0 amide bonds. The van der Waals surface area contributed by atoms with Crippen LogP contribution in [-0.4, -0.2) is 33.0 Å². The van der Waals surface area contributed by atoms with E-state index in [9.17, 15) is 9.18 Å². The summed E-state index contributed by atoms with van der Waals surface area (Å²) in [5.41, 5.74) is 0.510. The predicted molar refractivity (Wildman–Crippen MR) is 70.5 cm³/mol. The minimum atomic E-state index is -1.13. The molecule has 108 valence electrons. The summed E-state index contributed by atoms with van der Waals surface area (Å²) in [4.78, 5) is 15.2. The molecule has 2 N–H and O–H groups in total. The number of methoxy groups -OCH3 is 1. The molecule has 1 aliphatic heterocycles. The number of carboxylic acids is 1. The summed E-state index contributed by atoms with van der Waals surface area (Å²) in [5, 5.41) is 15.9. The molecule has 7 nitrogen and oxygen atoms in total. The van der Waals surface area contributed by atoms with Gasteiger partial charge >= 0.3 is 12.0 Å². The summed E-state index contributed by atoms with van der Waals surface area (Å²) in [6.45, 7) is 0. The number of nitrogens with zero attached hydrogens (tertiary/aromatic N) is 3. The minimum absolute atomic E-state index is 0.0492. The van der Waals surface area contributed by atoms with Crippen LogP contribution in [0.15, 0.2) is 36.0 Å². The highest BCUT2D eigenvalue weighted by Crippen LogP contribution is 2.30. The van der Waals surface area contributed by atoms with Crippen LogP contribution in [0, 0.1) is 5.82 Å². The number of anilines is 1. The van der Waals surface area contributed by atoms with Gasteiger partial charge in [0.15, 0.2) is 0 Å². The van der Waals surface area contributed by atoms with Gasteiger partial charge in [-0.25, -0.2) is 13.9 Å². The minimum Gasteiger partial charge on any atom is -0.477 e. The number of nitrogens with one attached hydrogen (secondary N) is 1. The van der Waals surface area contributed by atoms with Crippen molar-refractivity contribution in [2.75, 3.05) is 12.4 Å². The summed E-state index contributed by atoms with van der Waals surface area (Å²) >= 11 is 0. The van der Waals surface area contributed by atoms with Crippen molar-refractivity contribution < 1.29 is 19.0 Å². The first-order chi connectivity index (χ1) is 10.1. The Balaban J connectivity index is 2.12. The lowest BCUT2D eigenvalue weighted by atomic mass is 10.0. The molecule has 8 heteroatoms. The van der Waals surface area contributed by atoms with Gasteiger partial charge in [0, 0.05) is 0 Å². The Bertz CT molecular complexity index is 741. The van der Waals surface area contributed by atoms with Crippen LogP contribution in [-0.2, 0) is 4.79 Å². The van der Waals surface area contributed by atoms with Crippen molar-refractivity contribution in [3.63, 3.8) is 0 Å². The summed E-state index contributed by atoms with van der Waals surface area (Å²) in [7, 11) is 1.41. The molecular formula is C13H11FN4O3. The van der Waals surface area contributed by atoms with Crippen molar-refractivity contribution >= 4 is 11.9 Å². The number of carboxylic acid groups (broad SMARTS) is 1. The zero-order chi connectivity index (χ0) is 15.0. The van der Waals surface area contributed by atoms with E-state index in [1.54, 1.807) is 12.1 Å². The first-order valence-corrected chi connectivity index (χ1v) is 6.06. The number of hydrogen-bond donors (Lipinski definition) is 2. The fraction of sp³-hybridized carbons (Fsp3) is 0.154. The lowest BCUT2D eigenvalue weighted by Crippen LogP contribution is -2.24. The number of allylic oxidation sites excluding steroid dienone is 1. The highest BCUT2D eigenvalue weighted by atomic mass is 19.1.